The molecule has 5 rings (SSSR count). The second-order valence-electron chi connectivity index (χ2n) is 10.4. The molecule has 0 saturated heterocycles. The number of benzene rings is 2. The minimum Gasteiger partial charge on any atom is -0.472 e. The second-order valence-corrected chi connectivity index (χ2v) is 10.4. The highest BCUT2D eigenvalue weighted by Crippen LogP contribution is 2.33. The molecule has 1 amide bonds. The van der Waals surface area contributed by atoms with Crippen molar-refractivity contribution in [3.63, 3.8) is 0 Å². The highest BCUT2D eigenvalue weighted by molar-refractivity contribution is 5.97. The van der Waals surface area contributed by atoms with E-state index in [0.717, 1.165) is 28.2 Å². The van der Waals surface area contributed by atoms with E-state index >= 15 is 0 Å². The standard InChI is InChI=1S/C31H35N3O5/c1-21-16-34(22(2)19-35)31(36)26-13-24(10-9-23-7-5-4-6-8-23)15-32-30(26)39-29(21)18-33(3)17-25-11-12-27-28(14-25)38-20-37-27/h4-15,21-22,29,35H,16-20H2,1-3H3/b10-9+/t21-,22+,29-/m1/s1. The third kappa shape index (κ3) is 6.24. The zero-order chi connectivity index (χ0) is 27.4. The van der Waals surface area contributed by atoms with Gasteiger partial charge in [0.25, 0.3) is 5.91 Å². The first kappa shape index (κ1) is 26.7. The van der Waals surface area contributed by atoms with Gasteiger partial charge in [0.15, 0.2) is 11.5 Å². The second kappa shape index (κ2) is 11.9. The van der Waals surface area contributed by atoms with Crippen LogP contribution in [0.2, 0.25) is 0 Å². The quantitative estimate of drug-likeness (QED) is 0.465. The normalized spacial score (nSPS) is 19.5. The van der Waals surface area contributed by atoms with Crippen LogP contribution in [0.15, 0.2) is 60.8 Å². The van der Waals surface area contributed by atoms with Crippen molar-refractivity contribution >= 4 is 18.1 Å². The van der Waals surface area contributed by atoms with Crippen LogP contribution in [0.1, 0.15) is 40.9 Å². The molecular weight excluding hydrogens is 494 g/mol. The maximum absolute atomic E-state index is 13.7. The zero-order valence-corrected chi connectivity index (χ0v) is 22.6. The van der Waals surface area contributed by atoms with Crippen molar-refractivity contribution in [1.82, 2.24) is 14.8 Å². The Labute approximate surface area is 229 Å². The van der Waals surface area contributed by atoms with E-state index in [1.165, 1.54) is 0 Å². The summed E-state index contributed by atoms with van der Waals surface area (Å²) in [4.78, 5) is 22.2. The summed E-state index contributed by atoms with van der Waals surface area (Å²) in [5, 5.41) is 9.93. The molecule has 0 bridgehead atoms. The Morgan fingerprint density at radius 1 is 1.10 bits per heavy atom. The van der Waals surface area contributed by atoms with Crippen molar-refractivity contribution in [3.05, 3.63) is 83.0 Å². The number of amides is 1. The number of rotatable bonds is 8. The van der Waals surface area contributed by atoms with Crippen LogP contribution < -0.4 is 14.2 Å². The number of carbonyl (C=O) groups excluding carboxylic acids is 1. The topological polar surface area (TPSA) is 84.4 Å². The number of hydrogen-bond acceptors (Lipinski definition) is 7. The van der Waals surface area contributed by atoms with Gasteiger partial charge in [0.05, 0.1) is 12.6 Å². The lowest BCUT2D eigenvalue weighted by atomic mass is 9.99. The molecule has 2 aliphatic rings. The number of nitrogens with zero attached hydrogens (tertiary/aromatic N) is 3. The summed E-state index contributed by atoms with van der Waals surface area (Å²) < 4.78 is 17.4. The lowest BCUT2D eigenvalue weighted by Crippen LogP contribution is -2.49. The van der Waals surface area contributed by atoms with E-state index in [2.05, 4.69) is 16.8 Å². The molecule has 0 saturated carbocycles. The predicted octanol–water partition coefficient (Wildman–Crippen LogP) is 4.33. The van der Waals surface area contributed by atoms with Gasteiger partial charge in [-0.25, -0.2) is 4.98 Å². The molecule has 0 fully saturated rings. The molecule has 0 unspecified atom stereocenters. The summed E-state index contributed by atoms with van der Waals surface area (Å²) in [6.07, 6.45) is 5.43. The van der Waals surface area contributed by atoms with Crippen LogP contribution >= 0.6 is 0 Å². The van der Waals surface area contributed by atoms with Crippen molar-refractivity contribution in [3.8, 4) is 17.4 Å². The fraction of sp³-hybridized carbons (Fsp3) is 0.355. The highest BCUT2D eigenvalue weighted by Gasteiger charge is 2.34. The Bertz CT molecular complexity index is 1330. The Morgan fingerprint density at radius 2 is 1.87 bits per heavy atom. The summed E-state index contributed by atoms with van der Waals surface area (Å²) in [6, 6.07) is 17.4. The van der Waals surface area contributed by atoms with Gasteiger partial charge in [-0.3, -0.25) is 9.69 Å². The highest BCUT2D eigenvalue weighted by atomic mass is 16.7. The molecule has 2 aromatic carbocycles. The van der Waals surface area contributed by atoms with Gasteiger partial charge in [-0.15, -0.1) is 0 Å². The van der Waals surface area contributed by atoms with Crippen LogP contribution in [0.25, 0.3) is 12.2 Å². The van der Waals surface area contributed by atoms with E-state index in [-0.39, 0.29) is 37.4 Å². The van der Waals surface area contributed by atoms with Crippen molar-refractivity contribution < 1.29 is 24.1 Å². The van der Waals surface area contributed by atoms with Crippen LogP contribution in [0, 0.1) is 5.92 Å². The number of hydrogen-bond donors (Lipinski definition) is 1. The number of aliphatic hydroxyl groups is 1. The smallest absolute Gasteiger partial charge is 0.259 e. The predicted molar refractivity (Wildman–Crippen MR) is 150 cm³/mol. The Kier molecular flexibility index (Phi) is 8.14. The van der Waals surface area contributed by atoms with E-state index in [4.69, 9.17) is 14.2 Å². The first-order chi connectivity index (χ1) is 18.9. The number of aromatic nitrogens is 1. The number of aliphatic hydroxyl groups excluding tert-OH is 1. The summed E-state index contributed by atoms with van der Waals surface area (Å²) in [7, 11) is 2.05. The molecule has 39 heavy (non-hydrogen) atoms. The van der Waals surface area contributed by atoms with Gasteiger partial charge in [0, 0.05) is 31.7 Å². The lowest BCUT2D eigenvalue weighted by Gasteiger charge is -2.37. The number of carbonyl (C=O) groups is 1. The minimum absolute atomic E-state index is 0.00903. The molecule has 3 heterocycles. The molecule has 3 aromatic rings. The van der Waals surface area contributed by atoms with Gasteiger partial charge in [0.1, 0.15) is 11.7 Å². The number of fused-ring (bicyclic) bond motifs is 2. The number of ether oxygens (including phenoxy) is 3. The van der Waals surface area contributed by atoms with Crippen molar-refractivity contribution in [2.24, 2.45) is 5.92 Å². The number of likely N-dealkylation sites (N-methyl/N-ethyl adjacent to an activating group) is 1. The van der Waals surface area contributed by atoms with E-state index in [0.29, 0.717) is 31.1 Å². The molecule has 1 aromatic heterocycles. The van der Waals surface area contributed by atoms with Crippen molar-refractivity contribution in [2.45, 2.75) is 32.5 Å². The van der Waals surface area contributed by atoms with Crippen LogP contribution in [-0.2, 0) is 6.54 Å². The molecule has 0 aliphatic carbocycles. The van der Waals surface area contributed by atoms with Crippen LogP contribution in [-0.4, -0.2) is 71.5 Å². The maximum Gasteiger partial charge on any atom is 0.259 e. The SMILES string of the molecule is C[C@@H]1CN([C@@H](C)CO)C(=O)c2cc(/C=C/c3ccccc3)cnc2O[C@@H]1CN(C)Cc1ccc2c(c1)OCO2. The van der Waals surface area contributed by atoms with E-state index in [1.54, 1.807) is 11.1 Å². The average Bonchev–Trinajstić information content (AvgIpc) is 3.42. The Hall–Kier alpha value is -3.88. The van der Waals surface area contributed by atoms with Gasteiger partial charge in [-0.05, 0) is 48.9 Å². The minimum atomic E-state index is -0.332. The molecule has 8 heteroatoms. The average molecular weight is 530 g/mol. The van der Waals surface area contributed by atoms with Gasteiger partial charge >= 0.3 is 0 Å². The molecule has 204 valence electrons. The molecule has 0 spiro atoms. The van der Waals surface area contributed by atoms with Gasteiger partial charge < -0.3 is 24.2 Å². The zero-order valence-electron chi connectivity index (χ0n) is 22.6. The molecule has 2 aliphatic heterocycles. The third-order valence-electron chi connectivity index (χ3n) is 7.19. The summed E-state index contributed by atoms with van der Waals surface area (Å²) in [5.74, 6) is 1.67. The summed E-state index contributed by atoms with van der Waals surface area (Å²) >= 11 is 0. The Morgan fingerprint density at radius 3 is 2.67 bits per heavy atom. The summed E-state index contributed by atoms with van der Waals surface area (Å²) in [5.41, 5.74) is 3.37. The van der Waals surface area contributed by atoms with Crippen LogP contribution in [0.4, 0.5) is 0 Å². The first-order valence-corrected chi connectivity index (χ1v) is 13.3. The Balaban J connectivity index is 1.38. The van der Waals surface area contributed by atoms with E-state index < -0.39 is 0 Å². The van der Waals surface area contributed by atoms with Gasteiger partial charge in [-0.2, -0.15) is 0 Å². The van der Waals surface area contributed by atoms with Crippen LogP contribution in [0.3, 0.4) is 0 Å². The van der Waals surface area contributed by atoms with Gasteiger partial charge in [0.2, 0.25) is 12.7 Å². The van der Waals surface area contributed by atoms with Gasteiger partial charge in [-0.1, -0.05) is 55.5 Å². The largest absolute Gasteiger partial charge is 0.472 e. The maximum atomic E-state index is 13.7. The fourth-order valence-electron chi connectivity index (χ4n) is 4.91. The fourth-order valence-corrected chi connectivity index (χ4v) is 4.91. The van der Waals surface area contributed by atoms with E-state index in [9.17, 15) is 9.90 Å². The monoisotopic (exact) mass is 529 g/mol. The van der Waals surface area contributed by atoms with Crippen molar-refractivity contribution in [2.75, 3.05) is 33.5 Å². The molecule has 1 N–H and O–H groups in total. The molecule has 3 atom stereocenters. The first-order valence-electron chi connectivity index (χ1n) is 13.3. The number of pyridine rings is 1. The molecular formula is C31H35N3O5. The summed E-state index contributed by atoms with van der Waals surface area (Å²) in [6.45, 7) is 5.85. The van der Waals surface area contributed by atoms with Crippen LogP contribution in [0.5, 0.6) is 17.4 Å². The third-order valence-corrected chi connectivity index (χ3v) is 7.19. The lowest BCUT2D eigenvalue weighted by molar-refractivity contribution is 0.0325. The molecule has 0 radical (unpaired) electrons. The molecule has 8 nitrogen and oxygen atoms in total. The van der Waals surface area contributed by atoms with Crippen molar-refractivity contribution in [1.29, 1.82) is 0 Å². The van der Waals surface area contributed by atoms with E-state index in [1.807, 2.05) is 80.7 Å².